The smallest absolute Gasteiger partial charge is 0.405 e. The zero-order valence-corrected chi connectivity index (χ0v) is 13.5. The number of rotatable bonds is 6. The van der Waals surface area contributed by atoms with E-state index >= 15 is 0 Å². The standard InChI is InChI=1S/C14H14F3N3O3S/c1-22-10-4-3-8(5-11(10)23-2)19-13-20-9(6-24-13)12(21)18-7-14(15,16)17/h3-6H,7H2,1-2H3,(H,18,21)(H,19,20). The molecule has 0 saturated heterocycles. The highest BCUT2D eigenvalue weighted by atomic mass is 32.1. The average molecular weight is 361 g/mol. The van der Waals surface area contributed by atoms with Crippen molar-refractivity contribution in [2.24, 2.45) is 0 Å². The fraction of sp³-hybridized carbons (Fsp3) is 0.286. The van der Waals surface area contributed by atoms with Crippen LogP contribution < -0.4 is 20.1 Å². The van der Waals surface area contributed by atoms with Gasteiger partial charge in [0.15, 0.2) is 16.6 Å². The molecule has 6 nitrogen and oxygen atoms in total. The van der Waals surface area contributed by atoms with Gasteiger partial charge in [-0.25, -0.2) is 4.98 Å². The summed E-state index contributed by atoms with van der Waals surface area (Å²) < 4.78 is 46.6. The van der Waals surface area contributed by atoms with Gasteiger partial charge >= 0.3 is 6.18 Å². The minimum Gasteiger partial charge on any atom is -0.493 e. The van der Waals surface area contributed by atoms with Crippen LogP contribution in [0.2, 0.25) is 0 Å². The number of ether oxygens (including phenoxy) is 2. The van der Waals surface area contributed by atoms with Gasteiger partial charge in [-0.3, -0.25) is 4.79 Å². The molecule has 0 radical (unpaired) electrons. The molecular weight excluding hydrogens is 347 g/mol. The molecule has 0 fully saturated rings. The van der Waals surface area contributed by atoms with Crippen LogP contribution >= 0.6 is 11.3 Å². The molecular formula is C14H14F3N3O3S. The topological polar surface area (TPSA) is 72.5 Å². The number of alkyl halides is 3. The lowest BCUT2D eigenvalue weighted by Crippen LogP contribution is -2.33. The molecule has 0 atom stereocenters. The number of carbonyl (C=O) groups is 1. The number of amides is 1. The Labute approximate surface area is 139 Å². The Bertz CT molecular complexity index is 719. The zero-order chi connectivity index (χ0) is 17.7. The molecule has 24 heavy (non-hydrogen) atoms. The summed E-state index contributed by atoms with van der Waals surface area (Å²) in [4.78, 5) is 15.6. The molecule has 1 heterocycles. The lowest BCUT2D eigenvalue weighted by atomic mass is 10.3. The van der Waals surface area contributed by atoms with Crippen LogP contribution in [-0.2, 0) is 0 Å². The summed E-state index contributed by atoms with van der Waals surface area (Å²) in [7, 11) is 3.01. The van der Waals surface area contributed by atoms with Crippen LogP contribution in [0.1, 0.15) is 10.5 Å². The summed E-state index contributed by atoms with van der Waals surface area (Å²) in [6.07, 6.45) is -4.47. The number of methoxy groups -OCH3 is 2. The molecule has 1 aromatic heterocycles. The van der Waals surface area contributed by atoms with Gasteiger partial charge in [0.1, 0.15) is 12.2 Å². The Balaban J connectivity index is 2.05. The number of aromatic nitrogens is 1. The van der Waals surface area contributed by atoms with Gasteiger partial charge in [-0.2, -0.15) is 13.2 Å². The van der Waals surface area contributed by atoms with E-state index in [0.29, 0.717) is 22.3 Å². The van der Waals surface area contributed by atoms with E-state index in [0.717, 1.165) is 11.3 Å². The number of hydrogen-bond donors (Lipinski definition) is 2. The van der Waals surface area contributed by atoms with E-state index in [9.17, 15) is 18.0 Å². The Morgan fingerprint density at radius 3 is 2.58 bits per heavy atom. The lowest BCUT2D eigenvalue weighted by molar-refractivity contribution is -0.123. The first-order chi connectivity index (χ1) is 11.3. The molecule has 2 rings (SSSR count). The number of anilines is 2. The van der Waals surface area contributed by atoms with Crippen LogP contribution in [0.5, 0.6) is 11.5 Å². The first kappa shape index (κ1) is 17.9. The highest BCUT2D eigenvalue weighted by Gasteiger charge is 2.28. The second kappa shape index (κ2) is 7.39. The highest BCUT2D eigenvalue weighted by molar-refractivity contribution is 7.14. The van der Waals surface area contributed by atoms with Gasteiger partial charge in [-0.1, -0.05) is 0 Å². The third kappa shape index (κ3) is 4.75. The summed E-state index contributed by atoms with van der Waals surface area (Å²) >= 11 is 1.09. The van der Waals surface area contributed by atoms with Crippen molar-refractivity contribution in [3.63, 3.8) is 0 Å². The van der Waals surface area contributed by atoms with E-state index < -0.39 is 18.6 Å². The maximum absolute atomic E-state index is 12.1. The summed E-state index contributed by atoms with van der Waals surface area (Å²) in [6, 6.07) is 5.07. The number of thiazole rings is 1. The third-order valence-corrected chi connectivity index (χ3v) is 3.58. The molecule has 0 spiro atoms. The normalized spacial score (nSPS) is 11.0. The fourth-order valence-corrected chi connectivity index (χ4v) is 2.45. The van der Waals surface area contributed by atoms with E-state index in [2.05, 4.69) is 10.3 Å². The molecule has 0 bridgehead atoms. The van der Waals surface area contributed by atoms with Gasteiger partial charge in [0, 0.05) is 17.1 Å². The summed E-state index contributed by atoms with van der Waals surface area (Å²) in [5.41, 5.74) is 0.538. The first-order valence-corrected chi connectivity index (χ1v) is 7.50. The number of carbonyl (C=O) groups excluding carboxylic acids is 1. The molecule has 0 saturated carbocycles. The van der Waals surface area contributed by atoms with Crippen LogP contribution in [0.3, 0.4) is 0 Å². The van der Waals surface area contributed by atoms with Gasteiger partial charge in [0.25, 0.3) is 5.91 Å². The zero-order valence-electron chi connectivity index (χ0n) is 12.7. The molecule has 0 aliphatic carbocycles. The Morgan fingerprint density at radius 1 is 1.25 bits per heavy atom. The van der Waals surface area contributed by atoms with Crippen LogP contribution in [0.4, 0.5) is 24.0 Å². The number of nitrogens with one attached hydrogen (secondary N) is 2. The van der Waals surface area contributed by atoms with Crippen LogP contribution in [0.25, 0.3) is 0 Å². The van der Waals surface area contributed by atoms with E-state index in [1.165, 1.54) is 19.6 Å². The average Bonchev–Trinajstić information content (AvgIpc) is 3.00. The van der Waals surface area contributed by atoms with Crippen molar-refractivity contribution in [2.45, 2.75) is 6.18 Å². The van der Waals surface area contributed by atoms with E-state index in [1.54, 1.807) is 23.5 Å². The number of nitrogens with zero attached hydrogens (tertiary/aromatic N) is 1. The van der Waals surface area contributed by atoms with E-state index in [-0.39, 0.29) is 5.69 Å². The van der Waals surface area contributed by atoms with Crippen molar-refractivity contribution in [2.75, 3.05) is 26.1 Å². The molecule has 0 aliphatic heterocycles. The van der Waals surface area contributed by atoms with Crippen molar-refractivity contribution in [1.29, 1.82) is 0 Å². The second-order valence-corrected chi connectivity index (χ2v) is 5.39. The molecule has 0 unspecified atom stereocenters. The molecule has 1 aromatic carbocycles. The van der Waals surface area contributed by atoms with E-state index in [4.69, 9.17) is 9.47 Å². The van der Waals surface area contributed by atoms with E-state index in [1.807, 2.05) is 0 Å². The van der Waals surface area contributed by atoms with Gasteiger partial charge in [0.2, 0.25) is 0 Å². The lowest BCUT2D eigenvalue weighted by Gasteiger charge is -2.09. The van der Waals surface area contributed by atoms with Crippen molar-refractivity contribution >= 4 is 28.1 Å². The Kier molecular flexibility index (Phi) is 5.50. The number of benzene rings is 1. The highest BCUT2D eigenvalue weighted by Crippen LogP contribution is 2.31. The molecule has 2 N–H and O–H groups in total. The maximum Gasteiger partial charge on any atom is 0.405 e. The van der Waals surface area contributed by atoms with Gasteiger partial charge in [0.05, 0.1) is 14.2 Å². The van der Waals surface area contributed by atoms with Crippen molar-refractivity contribution in [1.82, 2.24) is 10.3 Å². The fourth-order valence-electron chi connectivity index (χ4n) is 1.74. The Hall–Kier alpha value is -2.49. The molecule has 1 amide bonds. The van der Waals surface area contributed by atoms with Crippen LogP contribution in [-0.4, -0.2) is 37.8 Å². The molecule has 2 aromatic rings. The predicted molar refractivity (Wildman–Crippen MR) is 83.3 cm³/mol. The summed E-state index contributed by atoms with van der Waals surface area (Å²) in [5.74, 6) is 0.167. The molecule has 10 heteroatoms. The first-order valence-electron chi connectivity index (χ1n) is 6.62. The second-order valence-electron chi connectivity index (χ2n) is 4.53. The van der Waals surface area contributed by atoms with Crippen molar-refractivity contribution in [3.8, 4) is 11.5 Å². The minimum absolute atomic E-state index is 0.0905. The minimum atomic E-state index is -4.47. The molecule has 130 valence electrons. The maximum atomic E-state index is 12.1. The monoisotopic (exact) mass is 361 g/mol. The number of hydrogen-bond acceptors (Lipinski definition) is 6. The van der Waals surface area contributed by atoms with Crippen LogP contribution in [0, 0.1) is 0 Å². The van der Waals surface area contributed by atoms with Gasteiger partial charge < -0.3 is 20.1 Å². The quantitative estimate of drug-likeness (QED) is 0.827. The summed E-state index contributed by atoms with van der Waals surface area (Å²) in [6.45, 7) is -1.40. The largest absolute Gasteiger partial charge is 0.493 e. The SMILES string of the molecule is COc1ccc(Nc2nc(C(=O)NCC(F)(F)F)cs2)cc1OC. The van der Waals surface area contributed by atoms with Crippen LogP contribution in [0.15, 0.2) is 23.6 Å². The third-order valence-electron chi connectivity index (χ3n) is 2.82. The summed E-state index contributed by atoms with van der Waals surface area (Å²) in [5, 5.41) is 6.44. The number of halogens is 3. The van der Waals surface area contributed by atoms with Gasteiger partial charge in [-0.05, 0) is 12.1 Å². The van der Waals surface area contributed by atoms with Crippen molar-refractivity contribution < 1.29 is 27.4 Å². The van der Waals surface area contributed by atoms with Crippen molar-refractivity contribution in [3.05, 3.63) is 29.3 Å². The predicted octanol–water partition coefficient (Wildman–Crippen LogP) is 3.20. The Morgan fingerprint density at radius 2 is 1.96 bits per heavy atom. The molecule has 0 aliphatic rings. The van der Waals surface area contributed by atoms with Gasteiger partial charge in [-0.15, -0.1) is 11.3 Å².